The molecule has 2 N–H and O–H groups in total. The lowest BCUT2D eigenvalue weighted by Crippen LogP contribution is -2.15. The first kappa shape index (κ1) is 10.7. The smallest absolute Gasteiger partial charge is 0.0667 e. The van der Waals surface area contributed by atoms with Gasteiger partial charge in [0.25, 0.3) is 0 Å². The zero-order valence-corrected chi connectivity index (χ0v) is 9.06. The van der Waals surface area contributed by atoms with Crippen LogP contribution in [0.25, 0.3) is 0 Å². The van der Waals surface area contributed by atoms with Crippen LogP contribution in [0.15, 0.2) is 12.1 Å². The Bertz CT molecular complexity index is 247. The molecule has 0 amide bonds. The van der Waals surface area contributed by atoms with E-state index in [1.54, 1.807) is 11.3 Å². The van der Waals surface area contributed by atoms with Gasteiger partial charge in [0.1, 0.15) is 0 Å². The largest absolute Gasteiger partial charge is 0.380 e. The molecular weight excluding hydrogens is 182 g/mol. The third-order valence-electron chi connectivity index (χ3n) is 1.90. The van der Waals surface area contributed by atoms with E-state index in [0.717, 1.165) is 13.0 Å². The highest BCUT2D eigenvalue weighted by atomic mass is 32.1. The summed E-state index contributed by atoms with van der Waals surface area (Å²) in [6, 6.07) is 4.30. The molecular formula is C10H17NOS. The molecule has 1 aromatic heterocycles. The molecule has 0 saturated heterocycles. The summed E-state index contributed by atoms with van der Waals surface area (Å²) in [4.78, 5) is 2.62. The first-order chi connectivity index (χ1) is 6.27. The average molecular weight is 199 g/mol. The van der Waals surface area contributed by atoms with Gasteiger partial charge in [0.05, 0.1) is 12.6 Å². The van der Waals surface area contributed by atoms with E-state index in [1.165, 1.54) is 9.75 Å². The van der Waals surface area contributed by atoms with Gasteiger partial charge in [-0.1, -0.05) is 6.92 Å². The molecule has 3 heteroatoms. The molecule has 1 heterocycles. The highest BCUT2D eigenvalue weighted by molar-refractivity contribution is 7.12. The van der Waals surface area contributed by atoms with Crippen LogP contribution >= 0.6 is 11.3 Å². The quantitative estimate of drug-likeness (QED) is 0.790. The summed E-state index contributed by atoms with van der Waals surface area (Å²) in [7, 11) is 0. The van der Waals surface area contributed by atoms with Crippen LogP contribution in [0.5, 0.6) is 0 Å². The van der Waals surface area contributed by atoms with Crippen molar-refractivity contribution in [2.45, 2.75) is 26.3 Å². The van der Waals surface area contributed by atoms with Gasteiger partial charge in [-0.3, -0.25) is 0 Å². The fourth-order valence-corrected chi connectivity index (χ4v) is 2.05. The molecule has 74 valence electrons. The van der Waals surface area contributed by atoms with Gasteiger partial charge in [0.15, 0.2) is 0 Å². The Morgan fingerprint density at radius 1 is 1.46 bits per heavy atom. The maximum Gasteiger partial charge on any atom is 0.0667 e. The van der Waals surface area contributed by atoms with Crippen molar-refractivity contribution < 1.29 is 4.74 Å². The van der Waals surface area contributed by atoms with Gasteiger partial charge in [0, 0.05) is 16.4 Å². The fraction of sp³-hybridized carbons (Fsp3) is 0.600. The van der Waals surface area contributed by atoms with Crippen molar-refractivity contribution in [3.05, 3.63) is 21.9 Å². The molecule has 1 aromatic rings. The van der Waals surface area contributed by atoms with Crippen LogP contribution in [-0.2, 0) is 11.2 Å². The molecule has 0 spiro atoms. The van der Waals surface area contributed by atoms with E-state index in [0.29, 0.717) is 6.61 Å². The van der Waals surface area contributed by atoms with Gasteiger partial charge in [-0.15, -0.1) is 11.3 Å². The second kappa shape index (κ2) is 5.37. The number of hydrogen-bond acceptors (Lipinski definition) is 3. The number of aryl methyl sites for hydroxylation is 1. The minimum absolute atomic E-state index is 0.0465. The number of thiophene rings is 1. The van der Waals surface area contributed by atoms with Crippen LogP contribution in [0.3, 0.4) is 0 Å². The Hall–Kier alpha value is -0.380. The summed E-state index contributed by atoms with van der Waals surface area (Å²) < 4.78 is 5.27. The van der Waals surface area contributed by atoms with Gasteiger partial charge in [-0.05, 0) is 25.5 Å². The van der Waals surface area contributed by atoms with Crippen LogP contribution in [0, 0.1) is 0 Å². The predicted molar refractivity (Wildman–Crippen MR) is 57.1 cm³/mol. The molecule has 1 rings (SSSR count). The van der Waals surface area contributed by atoms with Crippen molar-refractivity contribution in [1.29, 1.82) is 0 Å². The van der Waals surface area contributed by atoms with Gasteiger partial charge in [0.2, 0.25) is 0 Å². The molecule has 0 aliphatic heterocycles. The summed E-state index contributed by atoms with van der Waals surface area (Å²) in [5.74, 6) is 0. The molecule has 0 aliphatic rings. The molecule has 13 heavy (non-hydrogen) atoms. The van der Waals surface area contributed by atoms with Gasteiger partial charge in [-0.2, -0.15) is 0 Å². The van der Waals surface area contributed by atoms with Crippen LogP contribution in [0.4, 0.5) is 0 Å². The van der Waals surface area contributed by atoms with Gasteiger partial charge < -0.3 is 10.5 Å². The zero-order chi connectivity index (χ0) is 9.68. The monoisotopic (exact) mass is 199 g/mol. The number of rotatable bonds is 5. The van der Waals surface area contributed by atoms with Crippen LogP contribution in [0.1, 0.15) is 29.6 Å². The summed E-state index contributed by atoms with van der Waals surface area (Å²) in [5.41, 5.74) is 5.93. The normalized spacial score (nSPS) is 13.2. The molecule has 0 aliphatic carbocycles. The van der Waals surface area contributed by atoms with Crippen molar-refractivity contribution in [3.63, 3.8) is 0 Å². The van der Waals surface area contributed by atoms with E-state index in [4.69, 9.17) is 10.5 Å². The molecule has 2 nitrogen and oxygen atoms in total. The molecule has 0 radical (unpaired) electrons. The lowest BCUT2D eigenvalue weighted by molar-refractivity contribution is 0.134. The SMILES string of the molecule is CCOCC(N)c1ccc(CC)s1. The Morgan fingerprint density at radius 2 is 2.23 bits per heavy atom. The third-order valence-corrected chi connectivity index (χ3v) is 3.26. The van der Waals surface area contributed by atoms with Gasteiger partial charge in [-0.25, -0.2) is 0 Å². The number of hydrogen-bond donors (Lipinski definition) is 1. The number of nitrogens with two attached hydrogens (primary N) is 1. The first-order valence-electron chi connectivity index (χ1n) is 4.69. The van der Waals surface area contributed by atoms with E-state index in [1.807, 2.05) is 6.92 Å². The maximum absolute atomic E-state index is 5.93. The molecule has 0 bridgehead atoms. The lowest BCUT2D eigenvalue weighted by Gasteiger charge is -2.08. The number of ether oxygens (including phenoxy) is 1. The van der Waals surface area contributed by atoms with Crippen molar-refractivity contribution in [2.75, 3.05) is 13.2 Å². The average Bonchev–Trinajstić information content (AvgIpc) is 2.62. The Balaban J connectivity index is 2.50. The van der Waals surface area contributed by atoms with Crippen molar-refractivity contribution in [3.8, 4) is 0 Å². The van der Waals surface area contributed by atoms with Crippen molar-refractivity contribution >= 4 is 11.3 Å². The lowest BCUT2D eigenvalue weighted by atomic mass is 10.2. The van der Waals surface area contributed by atoms with E-state index in [2.05, 4.69) is 19.1 Å². The van der Waals surface area contributed by atoms with E-state index < -0.39 is 0 Å². The summed E-state index contributed by atoms with van der Waals surface area (Å²) in [5, 5.41) is 0. The third kappa shape index (κ3) is 3.10. The molecule has 0 saturated carbocycles. The summed E-state index contributed by atoms with van der Waals surface area (Å²) in [6.07, 6.45) is 1.09. The Labute approximate surface area is 83.7 Å². The minimum atomic E-state index is 0.0465. The standard InChI is InChI=1S/C10H17NOS/c1-3-8-5-6-10(13-8)9(11)7-12-4-2/h5-6,9H,3-4,7,11H2,1-2H3. The van der Waals surface area contributed by atoms with Crippen molar-refractivity contribution in [1.82, 2.24) is 0 Å². The Kier molecular flexibility index (Phi) is 4.42. The second-order valence-corrected chi connectivity index (χ2v) is 4.12. The first-order valence-corrected chi connectivity index (χ1v) is 5.51. The molecule has 0 fully saturated rings. The Morgan fingerprint density at radius 3 is 2.77 bits per heavy atom. The van der Waals surface area contributed by atoms with Crippen LogP contribution in [-0.4, -0.2) is 13.2 Å². The fourth-order valence-electron chi connectivity index (χ4n) is 1.11. The van der Waals surface area contributed by atoms with E-state index in [-0.39, 0.29) is 6.04 Å². The topological polar surface area (TPSA) is 35.2 Å². The zero-order valence-electron chi connectivity index (χ0n) is 8.25. The van der Waals surface area contributed by atoms with E-state index in [9.17, 15) is 0 Å². The molecule has 1 unspecified atom stereocenters. The summed E-state index contributed by atoms with van der Waals surface area (Å²) in [6.45, 7) is 5.50. The van der Waals surface area contributed by atoms with Crippen molar-refractivity contribution in [2.24, 2.45) is 5.73 Å². The highest BCUT2D eigenvalue weighted by Crippen LogP contribution is 2.22. The van der Waals surface area contributed by atoms with Crippen LogP contribution in [0.2, 0.25) is 0 Å². The molecule has 0 aromatic carbocycles. The van der Waals surface area contributed by atoms with E-state index >= 15 is 0 Å². The predicted octanol–water partition coefficient (Wildman–Crippen LogP) is 2.35. The van der Waals surface area contributed by atoms with Gasteiger partial charge >= 0.3 is 0 Å². The highest BCUT2D eigenvalue weighted by Gasteiger charge is 2.07. The van der Waals surface area contributed by atoms with Crippen LogP contribution < -0.4 is 5.73 Å². The molecule has 1 atom stereocenters. The minimum Gasteiger partial charge on any atom is -0.380 e. The maximum atomic E-state index is 5.93. The summed E-state index contributed by atoms with van der Waals surface area (Å²) >= 11 is 1.79. The second-order valence-electron chi connectivity index (χ2n) is 2.92.